The predicted molar refractivity (Wildman–Crippen MR) is 150 cm³/mol. The first-order valence-corrected chi connectivity index (χ1v) is 13.4. The summed E-state index contributed by atoms with van der Waals surface area (Å²) in [4.78, 5) is 11.4. The standard InChI is InChI=1S/C20H22O2.C13H18O2/c1-20(2,3)22-19-14-10-17(11-15-19)7-5-4-6-16-8-12-18(21)13-9-16;1-2-12(14)15-13-6-9-3-10(7-13)5-11(4-9)8-13/h4-15,21H,1-3H3;2,9-11H,1,3-8H2. The zero-order chi connectivity index (χ0) is 26.5. The summed E-state index contributed by atoms with van der Waals surface area (Å²) < 4.78 is 11.4. The van der Waals surface area contributed by atoms with Gasteiger partial charge in [-0.05, 0) is 112 Å². The van der Waals surface area contributed by atoms with Crippen LogP contribution >= 0.6 is 0 Å². The van der Waals surface area contributed by atoms with Crippen molar-refractivity contribution in [3.8, 4) is 11.5 Å². The van der Waals surface area contributed by atoms with Crippen molar-refractivity contribution in [2.24, 2.45) is 17.8 Å². The number of allylic oxidation sites excluding steroid dienone is 2. The Hall–Kier alpha value is -3.27. The molecule has 4 aliphatic rings. The van der Waals surface area contributed by atoms with Crippen LogP contribution in [0.1, 0.15) is 70.4 Å². The maximum Gasteiger partial charge on any atom is 0.330 e. The average Bonchev–Trinajstić information content (AvgIpc) is 2.82. The lowest BCUT2D eigenvalue weighted by atomic mass is 9.54. The van der Waals surface area contributed by atoms with E-state index in [0.717, 1.165) is 53.9 Å². The second-order valence-corrected chi connectivity index (χ2v) is 11.8. The Bertz CT molecular complexity index is 1080. The molecule has 0 heterocycles. The number of hydrogen-bond acceptors (Lipinski definition) is 4. The van der Waals surface area contributed by atoms with E-state index in [-0.39, 0.29) is 22.9 Å². The molecule has 4 aliphatic carbocycles. The van der Waals surface area contributed by atoms with Crippen molar-refractivity contribution in [1.29, 1.82) is 0 Å². The molecule has 0 radical (unpaired) electrons. The highest BCUT2D eigenvalue weighted by molar-refractivity contribution is 5.81. The van der Waals surface area contributed by atoms with Gasteiger partial charge in [0.1, 0.15) is 22.7 Å². The van der Waals surface area contributed by atoms with Crippen LogP contribution in [0, 0.1) is 17.8 Å². The highest BCUT2D eigenvalue weighted by atomic mass is 16.6. The maximum atomic E-state index is 11.4. The van der Waals surface area contributed by atoms with Crippen LogP contribution in [0.25, 0.3) is 12.2 Å². The number of esters is 1. The molecule has 4 nitrogen and oxygen atoms in total. The van der Waals surface area contributed by atoms with E-state index in [9.17, 15) is 9.90 Å². The van der Waals surface area contributed by atoms with Gasteiger partial charge >= 0.3 is 5.97 Å². The largest absolute Gasteiger partial charge is 0.508 e. The number of hydrogen-bond donors (Lipinski definition) is 1. The number of benzene rings is 2. The van der Waals surface area contributed by atoms with E-state index in [2.05, 4.69) is 6.58 Å². The molecule has 0 amide bonds. The van der Waals surface area contributed by atoms with E-state index in [4.69, 9.17) is 9.47 Å². The smallest absolute Gasteiger partial charge is 0.330 e. The van der Waals surface area contributed by atoms with Gasteiger partial charge in [0.25, 0.3) is 0 Å². The van der Waals surface area contributed by atoms with E-state index in [1.165, 1.54) is 25.3 Å². The second kappa shape index (κ2) is 11.4. The first-order chi connectivity index (χ1) is 17.6. The first-order valence-electron chi connectivity index (χ1n) is 13.4. The zero-order valence-electron chi connectivity index (χ0n) is 22.4. The maximum absolute atomic E-state index is 11.4. The van der Waals surface area contributed by atoms with Crippen molar-refractivity contribution in [3.63, 3.8) is 0 Å². The van der Waals surface area contributed by atoms with Crippen LogP contribution in [0.3, 0.4) is 0 Å². The molecule has 0 spiro atoms. The number of rotatable bonds is 6. The third-order valence-electron chi connectivity index (χ3n) is 7.35. The lowest BCUT2D eigenvalue weighted by Gasteiger charge is -2.55. The predicted octanol–water partition coefficient (Wildman–Crippen LogP) is 7.98. The van der Waals surface area contributed by atoms with Crippen LogP contribution in [-0.4, -0.2) is 22.3 Å². The summed E-state index contributed by atoms with van der Waals surface area (Å²) in [5.41, 5.74) is 1.90. The highest BCUT2D eigenvalue weighted by Gasteiger charge is 2.52. The molecule has 0 aromatic heterocycles. The molecule has 4 bridgehead atoms. The van der Waals surface area contributed by atoms with Gasteiger partial charge in [-0.3, -0.25) is 0 Å². The third-order valence-corrected chi connectivity index (χ3v) is 7.35. The Labute approximate surface area is 221 Å². The van der Waals surface area contributed by atoms with Crippen molar-refractivity contribution >= 4 is 18.1 Å². The van der Waals surface area contributed by atoms with Gasteiger partial charge in [-0.25, -0.2) is 4.79 Å². The summed E-state index contributed by atoms with van der Waals surface area (Å²) in [5, 5.41) is 9.22. The van der Waals surface area contributed by atoms with Gasteiger partial charge in [-0.1, -0.05) is 55.1 Å². The summed E-state index contributed by atoms with van der Waals surface area (Å²) in [5.74, 6) is 3.42. The molecule has 2 aromatic carbocycles. The van der Waals surface area contributed by atoms with E-state index in [0.29, 0.717) is 0 Å². The minimum atomic E-state index is -0.225. The van der Waals surface area contributed by atoms with Gasteiger partial charge in [0.2, 0.25) is 0 Å². The summed E-state index contributed by atoms with van der Waals surface area (Å²) in [6.45, 7) is 9.59. The molecular weight excluding hydrogens is 460 g/mol. The molecule has 0 unspecified atom stereocenters. The molecule has 4 heteroatoms. The molecule has 1 N–H and O–H groups in total. The van der Waals surface area contributed by atoms with Gasteiger partial charge < -0.3 is 14.6 Å². The van der Waals surface area contributed by atoms with Crippen molar-refractivity contribution in [3.05, 3.63) is 84.5 Å². The fourth-order valence-electron chi connectivity index (χ4n) is 6.33. The molecule has 4 saturated carbocycles. The Morgan fingerprint density at radius 2 is 1.32 bits per heavy atom. The van der Waals surface area contributed by atoms with Crippen molar-refractivity contribution in [2.45, 2.75) is 70.5 Å². The fourth-order valence-corrected chi connectivity index (χ4v) is 6.33. The van der Waals surface area contributed by atoms with Crippen molar-refractivity contribution in [2.75, 3.05) is 0 Å². The quantitative estimate of drug-likeness (QED) is 0.248. The molecule has 37 heavy (non-hydrogen) atoms. The molecule has 0 aliphatic heterocycles. The normalized spacial score (nSPS) is 26.1. The van der Waals surface area contributed by atoms with E-state index < -0.39 is 0 Å². The topological polar surface area (TPSA) is 55.8 Å². The SMILES string of the molecule is C=CC(=O)OC12CC3CC(CC(C3)C1)C2.CC(C)(C)Oc1ccc(C=CC=Cc2ccc(O)cc2)cc1. The number of ether oxygens (including phenoxy) is 2. The molecule has 6 rings (SSSR count). The first kappa shape index (κ1) is 26.8. The third kappa shape index (κ3) is 7.85. The second-order valence-electron chi connectivity index (χ2n) is 11.8. The molecule has 4 fully saturated rings. The van der Waals surface area contributed by atoms with E-state index in [1.807, 2.05) is 81.5 Å². The number of phenols is 1. The summed E-state index contributed by atoms with van der Waals surface area (Å²) >= 11 is 0. The summed E-state index contributed by atoms with van der Waals surface area (Å²) in [6.07, 6.45) is 16.8. The van der Waals surface area contributed by atoms with Crippen LogP contribution in [0.2, 0.25) is 0 Å². The van der Waals surface area contributed by atoms with E-state index >= 15 is 0 Å². The average molecular weight is 501 g/mol. The summed E-state index contributed by atoms with van der Waals surface area (Å²) in [7, 11) is 0. The molecule has 0 saturated heterocycles. The van der Waals surface area contributed by atoms with Gasteiger partial charge in [-0.2, -0.15) is 0 Å². The van der Waals surface area contributed by atoms with Crippen LogP contribution in [0.4, 0.5) is 0 Å². The Morgan fingerprint density at radius 3 is 1.76 bits per heavy atom. The van der Waals surface area contributed by atoms with Gasteiger partial charge in [0.05, 0.1) is 0 Å². The van der Waals surface area contributed by atoms with E-state index in [1.54, 1.807) is 12.1 Å². The Balaban J connectivity index is 0.000000184. The molecule has 2 aromatic rings. The zero-order valence-corrected chi connectivity index (χ0v) is 22.4. The number of phenolic OH excluding ortho intramolecular Hbond substituents is 1. The lowest BCUT2D eigenvalue weighted by molar-refractivity contribution is -0.181. The van der Waals surface area contributed by atoms with Crippen LogP contribution < -0.4 is 4.74 Å². The van der Waals surface area contributed by atoms with Gasteiger partial charge in [-0.15, -0.1) is 0 Å². The number of carbonyl (C=O) groups is 1. The fraction of sp³-hybridized carbons (Fsp3) is 0.424. The summed E-state index contributed by atoms with van der Waals surface area (Å²) in [6, 6.07) is 15.1. The Kier molecular flexibility index (Phi) is 8.26. The minimum Gasteiger partial charge on any atom is -0.508 e. The Morgan fingerprint density at radius 1 is 0.865 bits per heavy atom. The monoisotopic (exact) mass is 500 g/mol. The van der Waals surface area contributed by atoms with Crippen LogP contribution in [0.15, 0.2) is 73.3 Å². The van der Waals surface area contributed by atoms with Crippen LogP contribution in [-0.2, 0) is 9.53 Å². The molecule has 0 atom stereocenters. The van der Waals surface area contributed by atoms with Gasteiger partial charge in [0, 0.05) is 6.08 Å². The molecule has 196 valence electrons. The van der Waals surface area contributed by atoms with Crippen molar-refractivity contribution < 1.29 is 19.4 Å². The highest BCUT2D eigenvalue weighted by Crippen LogP contribution is 2.57. The molecular formula is C33H40O4. The number of carbonyl (C=O) groups excluding carboxylic acids is 1. The number of aromatic hydroxyl groups is 1. The van der Waals surface area contributed by atoms with Crippen molar-refractivity contribution in [1.82, 2.24) is 0 Å². The lowest BCUT2D eigenvalue weighted by Crippen LogP contribution is -2.52. The van der Waals surface area contributed by atoms with Crippen LogP contribution in [0.5, 0.6) is 11.5 Å². The minimum absolute atomic E-state index is 0.0972. The van der Waals surface area contributed by atoms with Gasteiger partial charge in [0.15, 0.2) is 0 Å².